The molecular formula is C32H34N5O7P. The fraction of sp³-hybridized carbons (Fsp3) is 0.312. The first-order chi connectivity index (χ1) is 21.7. The lowest BCUT2D eigenvalue weighted by molar-refractivity contribution is -0.148. The molecule has 0 amide bonds. The first-order valence-electron chi connectivity index (χ1n) is 14.6. The van der Waals surface area contributed by atoms with E-state index >= 15 is 0 Å². The lowest BCUT2D eigenvalue weighted by atomic mass is 10.1. The van der Waals surface area contributed by atoms with Crippen LogP contribution in [0.2, 0.25) is 0 Å². The largest absolute Gasteiger partial charge is 0.461 e. The van der Waals surface area contributed by atoms with Crippen LogP contribution in [0.5, 0.6) is 5.75 Å². The van der Waals surface area contributed by atoms with Gasteiger partial charge < -0.3 is 24.8 Å². The molecular weight excluding hydrogens is 597 g/mol. The van der Waals surface area contributed by atoms with Gasteiger partial charge in [-0.2, -0.15) is 0 Å². The topological polar surface area (TPSA) is 161 Å². The summed E-state index contributed by atoms with van der Waals surface area (Å²) in [4.78, 5) is 26.0. The number of aliphatic hydroxyl groups excluding tert-OH is 1. The summed E-state index contributed by atoms with van der Waals surface area (Å²) in [5.74, 6) is -0.323. The molecule has 5 atom stereocenters. The molecule has 0 spiro atoms. The van der Waals surface area contributed by atoms with Crippen LogP contribution in [0.4, 0.5) is 5.82 Å². The third-order valence-electron chi connectivity index (χ3n) is 7.64. The number of benzene rings is 3. The van der Waals surface area contributed by atoms with Crippen LogP contribution in [0, 0.1) is 12.8 Å². The van der Waals surface area contributed by atoms with Gasteiger partial charge in [0.25, 0.3) is 0 Å². The summed E-state index contributed by atoms with van der Waals surface area (Å²) in [7, 11) is -4.08. The van der Waals surface area contributed by atoms with E-state index in [0.717, 1.165) is 16.3 Å². The quantitative estimate of drug-likeness (QED) is 0.146. The van der Waals surface area contributed by atoms with Crippen molar-refractivity contribution >= 4 is 41.3 Å². The second-order valence-corrected chi connectivity index (χ2v) is 13.0. The summed E-state index contributed by atoms with van der Waals surface area (Å²) in [6.45, 7) is 3.01. The second kappa shape index (κ2) is 12.9. The molecule has 13 heteroatoms. The molecule has 45 heavy (non-hydrogen) atoms. The lowest BCUT2D eigenvalue weighted by Crippen LogP contribution is -2.29. The number of esters is 1. The molecule has 234 valence electrons. The molecule has 3 aromatic carbocycles. The summed E-state index contributed by atoms with van der Waals surface area (Å²) in [6.07, 6.45) is -0.906. The highest BCUT2D eigenvalue weighted by Crippen LogP contribution is 2.54. The molecule has 0 bridgehead atoms. The van der Waals surface area contributed by atoms with Crippen LogP contribution in [0.1, 0.15) is 31.0 Å². The average Bonchev–Trinajstić information content (AvgIpc) is 3.64. The Bertz CT molecular complexity index is 1860. The Labute approximate surface area is 259 Å². The van der Waals surface area contributed by atoms with Gasteiger partial charge in [-0.25, -0.2) is 19.5 Å². The number of carbonyl (C=O) groups is 1. The number of nitrogen functional groups attached to an aromatic ring is 1. The number of aromatic nitrogens is 4. The van der Waals surface area contributed by atoms with E-state index in [9.17, 15) is 14.5 Å². The molecule has 3 N–H and O–H groups in total. The number of rotatable bonds is 11. The number of imidazole rings is 1. The Hall–Kier alpha value is -4.35. The highest BCUT2D eigenvalue weighted by atomic mass is 31.2. The molecule has 1 unspecified atom stereocenters. The first kappa shape index (κ1) is 30.7. The van der Waals surface area contributed by atoms with Gasteiger partial charge in [0.15, 0.2) is 11.5 Å². The van der Waals surface area contributed by atoms with Crippen molar-refractivity contribution in [3.8, 4) is 5.75 Å². The molecule has 3 heterocycles. The average molecular weight is 632 g/mol. The van der Waals surface area contributed by atoms with Gasteiger partial charge in [0.1, 0.15) is 42.1 Å². The molecule has 0 aliphatic carbocycles. The number of nitrogens with two attached hydrogens (primary N) is 1. The summed E-state index contributed by atoms with van der Waals surface area (Å²) in [5, 5.41) is 11.9. The second-order valence-electron chi connectivity index (χ2n) is 11.0. The van der Waals surface area contributed by atoms with E-state index in [2.05, 4.69) is 15.0 Å². The van der Waals surface area contributed by atoms with E-state index in [-0.39, 0.29) is 25.0 Å². The third-order valence-corrected chi connectivity index (χ3v) is 9.70. The fourth-order valence-corrected chi connectivity index (χ4v) is 7.54. The zero-order chi connectivity index (χ0) is 31.6. The van der Waals surface area contributed by atoms with Crippen molar-refractivity contribution in [3.05, 3.63) is 90.5 Å². The van der Waals surface area contributed by atoms with Gasteiger partial charge in [-0.15, -0.1) is 0 Å². The molecule has 1 aliphatic rings. The minimum atomic E-state index is -4.08. The summed E-state index contributed by atoms with van der Waals surface area (Å²) >= 11 is 0. The van der Waals surface area contributed by atoms with Crippen LogP contribution in [0.3, 0.4) is 0 Å². The number of hydrogen-bond donors (Lipinski definition) is 2. The maximum absolute atomic E-state index is 14.7. The standard InChI is InChI=1S/C32H34N5O7P/c1-20(32(39)41-17-22-9-4-3-5-10-22)18-45(40,43-25-14-8-12-23-11-6-7-13-24(23)25)44-26-15-28(42-27(26)16-38)37-19-34-29-30(33)35-21(2)36-31(29)37/h3-14,19-20,26-28,38H,15-18H2,1-2H3,(H2,33,35,36)/t20-,26-,27-,28-,45?/m1/s1. The van der Waals surface area contributed by atoms with Crippen molar-refractivity contribution in [2.24, 2.45) is 5.92 Å². The fourth-order valence-electron chi connectivity index (χ4n) is 5.42. The van der Waals surface area contributed by atoms with Crippen molar-refractivity contribution in [3.63, 3.8) is 0 Å². The number of aryl methyl sites for hydroxylation is 1. The minimum absolute atomic E-state index is 0.0799. The monoisotopic (exact) mass is 631 g/mol. The van der Waals surface area contributed by atoms with Gasteiger partial charge in [0, 0.05) is 11.8 Å². The number of anilines is 1. The maximum atomic E-state index is 14.7. The van der Waals surface area contributed by atoms with E-state index in [1.807, 2.05) is 60.7 Å². The molecule has 1 saturated heterocycles. The first-order valence-corrected chi connectivity index (χ1v) is 16.3. The molecule has 0 saturated carbocycles. The van der Waals surface area contributed by atoms with E-state index in [0.29, 0.717) is 22.7 Å². The van der Waals surface area contributed by atoms with E-state index < -0.39 is 44.5 Å². The summed E-state index contributed by atoms with van der Waals surface area (Å²) < 4.78 is 40.5. The third kappa shape index (κ3) is 6.69. The number of nitrogens with zero attached hydrogens (tertiary/aromatic N) is 4. The molecule has 12 nitrogen and oxygen atoms in total. The van der Waals surface area contributed by atoms with Crippen molar-refractivity contribution < 1.29 is 33.0 Å². The zero-order valence-corrected chi connectivity index (χ0v) is 25.7. The molecule has 1 aliphatic heterocycles. The predicted molar refractivity (Wildman–Crippen MR) is 167 cm³/mol. The Morgan fingerprint density at radius 3 is 2.67 bits per heavy atom. The van der Waals surface area contributed by atoms with Crippen LogP contribution in [-0.2, 0) is 30.0 Å². The Morgan fingerprint density at radius 2 is 1.87 bits per heavy atom. The Balaban J connectivity index is 1.26. The highest BCUT2D eigenvalue weighted by Gasteiger charge is 2.44. The number of ether oxygens (including phenoxy) is 2. The van der Waals surface area contributed by atoms with E-state index in [1.165, 1.54) is 6.33 Å². The van der Waals surface area contributed by atoms with Crippen molar-refractivity contribution in [1.82, 2.24) is 19.5 Å². The van der Waals surface area contributed by atoms with Gasteiger partial charge in [-0.05, 0) is 23.9 Å². The summed E-state index contributed by atoms with van der Waals surface area (Å²) in [5.41, 5.74) is 7.76. The zero-order valence-electron chi connectivity index (χ0n) is 24.9. The van der Waals surface area contributed by atoms with E-state index in [1.54, 1.807) is 30.5 Å². The van der Waals surface area contributed by atoms with Crippen molar-refractivity contribution in [2.75, 3.05) is 18.5 Å². The maximum Gasteiger partial charge on any atom is 0.380 e. The van der Waals surface area contributed by atoms with Crippen LogP contribution in [0.25, 0.3) is 21.9 Å². The van der Waals surface area contributed by atoms with Gasteiger partial charge in [0.2, 0.25) is 0 Å². The van der Waals surface area contributed by atoms with Crippen LogP contribution < -0.4 is 10.3 Å². The number of hydrogen-bond acceptors (Lipinski definition) is 11. The molecule has 0 radical (unpaired) electrons. The number of carbonyl (C=O) groups excluding carboxylic acids is 1. The van der Waals surface area contributed by atoms with Gasteiger partial charge >= 0.3 is 13.6 Å². The summed E-state index contributed by atoms with van der Waals surface area (Å²) in [6, 6.07) is 22.3. The van der Waals surface area contributed by atoms with Crippen LogP contribution in [0.15, 0.2) is 79.1 Å². The van der Waals surface area contributed by atoms with Crippen LogP contribution in [-0.4, -0.2) is 55.6 Å². The Morgan fingerprint density at radius 1 is 1.11 bits per heavy atom. The Kier molecular flexibility index (Phi) is 8.82. The van der Waals surface area contributed by atoms with Crippen LogP contribution >= 0.6 is 7.60 Å². The lowest BCUT2D eigenvalue weighted by Gasteiger charge is -2.26. The van der Waals surface area contributed by atoms with Crippen molar-refractivity contribution in [1.29, 1.82) is 0 Å². The number of aliphatic hydroxyl groups is 1. The highest BCUT2D eigenvalue weighted by molar-refractivity contribution is 7.54. The normalized spacial score (nSPS) is 20.2. The minimum Gasteiger partial charge on any atom is -0.461 e. The van der Waals surface area contributed by atoms with Gasteiger partial charge in [-0.1, -0.05) is 73.7 Å². The molecule has 1 fully saturated rings. The molecule has 6 rings (SSSR count). The van der Waals surface area contributed by atoms with Gasteiger partial charge in [-0.3, -0.25) is 13.9 Å². The van der Waals surface area contributed by atoms with E-state index in [4.69, 9.17) is 24.3 Å². The smallest absolute Gasteiger partial charge is 0.380 e. The number of fused-ring (bicyclic) bond motifs is 2. The van der Waals surface area contributed by atoms with Crippen molar-refractivity contribution in [2.45, 2.75) is 45.3 Å². The molecule has 5 aromatic rings. The SMILES string of the molecule is Cc1nc(N)c2ncn([C@H]3C[C@@H](OP(=O)(C[C@@H](C)C(=O)OCc4ccccc4)Oc4cccc5ccccc45)[C@@H](CO)O3)c2n1. The predicted octanol–water partition coefficient (Wildman–Crippen LogP) is 5.19. The van der Waals surface area contributed by atoms with Gasteiger partial charge in [0.05, 0.1) is 25.0 Å². The molecule has 2 aromatic heterocycles.